The summed E-state index contributed by atoms with van der Waals surface area (Å²) in [5.74, 6) is 0.744. The van der Waals surface area contributed by atoms with Gasteiger partial charge in [0.25, 0.3) is 0 Å². The third-order valence-electron chi connectivity index (χ3n) is 8.93. The van der Waals surface area contributed by atoms with Crippen molar-refractivity contribution in [2.45, 2.75) is 0 Å². The number of furan rings is 2. The van der Waals surface area contributed by atoms with Gasteiger partial charge >= 0.3 is 0 Å². The third kappa shape index (κ3) is 3.49. The molecule has 10 rings (SSSR count). The van der Waals surface area contributed by atoms with Crippen LogP contribution in [-0.4, -0.2) is 9.97 Å². The van der Waals surface area contributed by atoms with Crippen molar-refractivity contribution in [3.63, 3.8) is 0 Å². The van der Waals surface area contributed by atoms with Gasteiger partial charge in [0.1, 0.15) is 28.2 Å². The van der Waals surface area contributed by atoms with Crippen LogP contribution in [-0.2, 0) is 0 Å². The molecule has 5 heteroatoms. The molecule has 0 saturated carbocycles. The minimum Gasteiger partial charge on any atom is -0.454 e. The van der Waals surface area contributed by atoms with Gasteiger partial charge in [-0.15, -0.1) is 0 Å². The first-order valence-corrected chi connectivity index (χ1v) is 15.0. The lowest BCUT2D eigenvalue weighted by Gasteiger charge is -2.25. The molecule has 0 fully saturated rings. The molecule has 0 spiro atoms. The highest BCUT2D eigenvalue weighted by Crippen LogP contribution is 2.44. The highest BCUT2D eigenvalue weighted by Gasteiger charge is 2.23. The van der Waals surface area contributed by atoms with Crippen molar-refractivity contribution in [2.75, 3.05) is 4.90 Å². The number of hydrogen-bond acceptors (Lipinski definition) is 5. The fourth-order valence-corrected chi connectivity index (χ4v) is 6.92. The molecule has 0 aliphatic heterocycles. The maximum Gasteiger partial charge on any atom is 0.162 e. The number of pyridine rings is 2. The molecule has 4 heterocycles. The van der Waals surface area contributed by atoms with Crippen LogP contribution in [0.2, 0.25) is 0 Å². The number of para-hydroxylation sites is 2. The van der Waals surface area contributed by atoms with Gasteiger partial charge in [-0.05, 0) is 74.8 Å². The fourth-order valence-electron chi connectivity index (χ4n) is 6.92. The molecule has 5 nitrogen and oxygen atoms in total. The van der Waals surface area contributed by atoms with E-state index in [-0.39, 0.29) is 0 Å². The monoisotopic (exact) mass is 577 g/mol. The smallest absolute Gasteiger partial charge is 0.162 e. The predicted octanol–water partition coefficient (Wildman–Crippen LogP) is 11.2. The number of rotatable bonds is 3. The molecule has 0 saturated heterocycles. The van der Waals surface area contributed by atoms with Gasteiger partial charge in [0, 0.05) is 28.0 Å². The summed E-state index contributed by atoms with van der Waals surface area (Å²) in [6.45, 7) is 0. The number of aromatic nitrogens is 2. The summed E-state index contributed by atoms with van der Waals surface area (Å²) in [7, 11) is 0. The minimum absolute atomic E-state index is 0.744. The van der Waals surface area contributed by atoms with Crippen molar-refractivity contribution < 1.29 is 8.83 Å². The molecule has 0 aliphatic rings. The Morgan fingerprint density at radius 2 is 1.04 bits per heavy atom. The SMILES string of the molecule is c1ccc2c(c1)oc1c(N(c3ccc4c5ccccc5c5ccccc5c4c3)c3ccc4oc5ccccc5c4n3)cncc12. The summed E-state index contributed by atoms with van der Waals surface area (Å²) in [4.78, 5) is 12.1. The zero-order valence-electron chi connectivity index (χ0n) is 23.9. The van der Waals surface area contributed by atoms with E-state index in [4.69, 9.17) is 18.8 Å². The second-order valence-corrected chi connectivity index (χ2v) is 11.4. The van der Waals surface area contributed by atoms with Crippen LogP contribution in [0.5, 0.6) is 0 Å². The molecule has 6 aromatic carbocycles. The molecule has 0 amide bonds. The van der Waals surface area contributed by atoms with Crippen molar-refractivity contribution in [1.82, 2.24) is 9.97 Å². The standard InChI is InChI=1S/C40H23N3O2/c1-2-11-27-25(9-1)26-10-3-4-12-28(26)32-21-24(17-18-29(27)32)43(34-23-41-22-33-30-13-5-7-15-35(30)45-40(33)34)38-20-19-37-39(42-38)31-14-6-8-16-36(31)44-37/h1-23H. The van der Waals surface area contributed by atoms with E-state index in [9.17, 15) is 0 Å². The molecule has 0 atom stereocenters. The quantitative estimate of drug-likeness (QED) is 0.196. The van der Waals surface area contributed by atoms with E-state index in [1.807, 2.05) is 60.9 Å². The average Bonchev–Trinajstić information content (AvgIpc) is 3.67. The molecule has 10 aromatic rings. The van der Waals surface area contributed by atoms with Crippen LogP contribution in [0, 0.1) is 0 Å². The van der Waals surface area contributed by atoms with Crippen LogP contribution >= 0.6 is 0 Å². The van der Waals surface area contributed by atoms with Gasteiger partial charge in [0.2, 0.25) is 0 Å². The van der Waals surface area contributed by atoms with E-state index < -0.39 is 0 Å². The summed E-state index contributed by atoms with van der Waals surface area (Å²) < 4.78 is 12.7. The van der Waals surface area contributed by atoms with E-state index in [2.05, 4.69) is 83.8 Å². The topological polar surface area (TPSA) is 55.3 Å². The lowest BCUT2D eigenvalue weighted by molar-refractivity contribution is 0.668. The number of hydrogen-bond donors (Lipinski definition) is 0. The highest BCUT2D eigenvalue weighted by molar-refractivity contribution is 6.26. The Hall–Kier alpha value is -6.20. The van der Waals surface area contributed by atoms with E-state index in [0.29, 0.717) is 0 Å². The number of fused-ring (bicyclic) bond motifs is 12. The van der Waals surface area contributed by atoms with E-state index in [1.165, 1.54) is 32.3 Å². The summed E-state index contributed by atoms with van der Waals surface area (Å²) in [6.07, 6.45) is 3.75. The molecule has 0 bridgehead atoms. The Labute approximate surface area is 256 Å². The van der Waals surface area contributed by atoms with E-state index in [0.717, 1.165) is 61.2 Å². The normalized spacial score (nSPS) is 12.0. The van der Waals surface area contributed by atoms with Gasteiger partial charge in [0.05, 0.1) is 6.20 Å². The predicted molar refractivity (Wildman–Crippen MR) is 184 cm³/mol. The highest BCUT2D eigenvalue weighted by atomic mass is 16.3. The number of nitrogens with zero attached hydrogens (tertiary/aromatic N) is 3. The first kappa shape index (κ1) is 24.3. The van der Waals surface area contributed by atoms with Crippen LogP contribution in [0.4, 0.5) is 17.2 Å². The van der Waals surface area contributed by atoms with E-state index >= 15 is 0 Å². The number of benzene rings is 6. The largest absolute Gasteiger partial charge is 0.454 e. The average molecular weight is 578 g/mol. The third-order valence-corrected chi connectivity index (χ3v) is 8.93. The van der Waals surface area contributed by atoms with Gasteiger partial charge in [0.15, 0.2) is 11.2 Å². The summed E-state index contributed by atoms with van der Waals surface area (Å²) in [5, 5.41) is 10.3. The molecule has 45 heavy (non-hydrogen) atoms. The minimum atomic E-state index is 0.744. The van der Waals surface area contributed by atoms with Crippen LogP contribution < -0.4 is 4.90 Å². The van der Waals surface area contributed by atoms with E-state index in [1.54, 1.807) is 0 Å². The van der Waals surface area contributed by atoms with Crippen molar-refractivity contribution in [2.24, 2.45) is 0 Å². The second kappa shape index (κ2) is 9.15. The molecule has 210 valence electrons. The van der Waals surface area contributed by atoms with Crippen molar-refractivity contribution >= 4 is 93.5 Å². The maximum atomic E-state index is 6.54. The van der Waals surface area contributed by atoms with Crippen LogP contribution in [0.1, 0.15) is 0 Å². The van der Waals surface area contributed by atoms with Gasteiger partial charge in [-0.1, -0.05) is 84.9 Å². The lowest BCUT2D eigenvalue weighted by atomic mass is 9.94. The molecule has 0 unspecified atom stereocenters. The van der Waals surface area contributed by atoms with Crippen molar-refractivity contribution in [1.29, 1.82) is 0 Å². The van der Waals surface area contributed by atoms with Gasteiger partial charge in [-0.25, -0.2) is 4.98 Å². The molecular formula is C40H23N3O2. The van der Waals surface area contributed by atoms with Crippen molar-refractivity contribution in [3.05, 3.63) is 140 Å². The summed E-state index contributed by atoms with van der Waals surface area (Å²) >= 11 is 0. The molecule has 0 aliphatic carbocycles. The zero-order chi connectivity index (χ0) is 29.5. The van der Waals surface area contributed by atoms with Gasteiger partial charge < -0.3 is 8.83 Å². The zero-order valence-corrected chi connectivity index (χ0v) is 23.9. The summed E-state index contributed by atoms with van der Waals surface area (Å²) in [6, 6.07) is 44.1. The lowest BCUT2D eigenvalue weighted by Crippen LogP contribution is -2.12. The first-order valence-electron chi connectivity index (χ1n) is 15.0. The maximum absolute atomic E-state index is 6.54. The van der Waals surface area contributed by atoms with Crippen LogP contribution in [0.25, 0.3) is 76.3 Å². The summed E-state index contributed by atoms with van der Waals surface area (Å²) in [5.41, 5.74) is 5.72. The molecule has 4 aromatic heterocycles. The second-order valence-electron chi connectivity index (χ2n) is 11.4. The first-order chi connectivity index (χ1) is 22.3. The fraction of sp³-hybridized carbons (Fsp3) is 0. The number of anilines is 3. The Morgan fingerprint density at radius 1 is 0.444 bits per heavy atom. The van der Waals surface area contributed by atoms with Crippen molar-refractivity contribution in [3.8, 4) is 0 Å². The Bertz CT molecular complexity index is 2760. The van der Waals surface area contributed by atoms with Gasteiger partial charge in [-0.3, -0.25) is 9.88 Å². The van der Waals surface area contributed by atoms with Gasteiger partial charge in [-0.2, -0.15) is 0 Å². The Morgan fingerprint density at radius 3 is 1.78 bits per heavy atom. The Balaban J connectivity index is 1.30. The Kier molecular flexibility index (Phi) is 4.93. The molecule has 0 radical (unpaired) electrons. The molecular weight excluding hydrogens is 554 g/mol. The molecule has 0 N–H and O–H groups in total. The van der Waals surface area contributed by atoms with Crippen LogP contribution in [0.3, 0.4) is 0 Å². The van der Waals surface area contributed by atoms with Crippen LogP contribution in [0.15, 0.2) is 149 Å².